The predicted molar refractivity (Wildman–Crippen MR) is 362 cm³/mol. The number of unbranched alkanes of at least 4 members (excludes halogenated alkanes) is 28. The monoisotopic (exact) mass is 1190 g/mol. The molecule has 0 aromatic rings. The van der Waals surface area contributed by atoms with Crippen LogP contribution in [-0.2, 0) is 32.7 Å². The number of likely N-dealkylation sites (N-methyl/N-ethyl adjacent to an activating group) is 1. The number of hydrogen-bond acceptors (Lipinski definition) is 7. The smallest absolute Gasteiger partial charge is 0.462 e. The molecule has 1 N–H and O–H groups in total. The average Bonchev–Trinajstić information content (AvgIpc) is 3.61. The van der Waals surface area contributed by atoms with Crippen molar-refractivity contribution in [2.75, 3.05) is 47.5 Å². The topological polar surface area (TPSA) is 108 Å². The van der Waals surface area contributed by atoms with E-state index in [1.165, 1.54) is 141 Å². The number of hydrogen-bond donors (Lipinski definition) is 1. The molecule has 0 heterocycles. The Morgan fingerprint density at radius 2 is 0.643 bits per heavy atom. The summed E-state index contributed by atoms with van der Waals surface area (Å²) in [5, 5.41) is 0. The van der Waals surface area contributed by atoms with Gasteiger partial charge in [0.2, 0.25) is 0 Å². The summed E-state index contributed by atoms with van der Waals surface area (Å²) in [7, 11) is 1.45. The lowest BCUT2D eigenvalue weighted by atomic mass is 10.0. The second-order valence-corrected chi connectivity index (χ2v) is 25.3. The Labute approximate surface area is 518 Å². The second-order valence-electron chi connectivity index (χ2n) is 23.8. The molecule has 0 spiro atoms. The zero-order valence-electron chi connectivity index (χ0n) is 54.9. The van der Waals surface area contributed by atoms with Gasteiger partial charge in [-0.2, -0.15) is 0 Å². The van der Waals surface area contributed by atoms with Gasteiger partial charge in [0.15, 0.2) is 6.10 Å². The Morgan fingerprint density at radius 1 is 0.369 bits per heavy atom. The molecule has 9 nitrogen and oxygen atoms in total. The van der Waals surface area contributed by atoms with Gasteiger partial charge in [0.25, 0.3) is 0 Å². The molecule has 0 aromatic heterocycles. The zero-order chi connectivity index (χ0) is 61.2. The highest BCUT2D eigenvalue weighted by Crippen LogP contribution is 2.43. The van der Waals surface area contributed by atoms with Gasteiger partial charge < -0.3 is 18.9 Å². The van der Waals surface area contributed by atoms with E-state index in [2.05, 4.69) is 135 Å². The van der Waals surface area contributed by atoms with Crippen LogP contribution in [0.5, 0.6) is 0 Å². The fourth-order valence-electron chi connectivity index (χ4n) is 9.31. The third-order valence-electron chi connectivity index (χ3n) is 14.5. The minimum Gasteiger partial charge on any atom is -0.462 e. The summed E-state index contributed by atoms with van der Waals surface area (Å²) in [5.74, 6) is -0.823. The maximum Gasteiger partial charge on any atom is 0.472 e. The number of rotatable bonds is 62. The largest absolute Gasteiger partial charge is 0.472 e. The molecule has 482 valence electrons. The predicted octanol–water partition coefficient (Wildman–Crippen LogP) is 22.3. The van der Waals surface area contributed by atoms with Crippen LogP contribution in [0.4, 0.5) is 0 Å². The van der Waals surface area contributed by atoms with E-state index >= 15 is 0 Å². The van der Waals surface area contributed by atoms with Crippen molar-refractivity contribution in [3.05, 3.63) is 122 Å². The quantitative estimate of drug-likeness (QED) is 0.0211. The van der Waals surface area contributed by atoms with Crippen LogP contribution in [0.1, 0.15) is 284 Å². The summed E-state index contributed by atoms with van der Waals surface area (Å²) >= 11 is 0. The van der Waals surface area contributed by atoms with Crippen LogP contribution >= 0.6 is 7.82 Å². The molecule has 0 aliphatic rings. The summed E-state index contributed by atoms with van der Waals surface area (Å²) in [4.78, 5) is 35.8. The van der Waals surface area contributed by atoms with E-state index < -0.39 is 26.5 Å². The van der Waals surface area contributed by atoms with Crippen LogP contribution in [0.3, 0.4) is 0 Å². The van der Waals surface area contributed by atoms with Gasteiger partial charge in [0.1, 0.15) is 19.8 Å². The van der Waals surface area contributed by atoms with E-state index in [4.69, 9.17) is 18.5 Å². The van der Waals surface area contributed by atoms with E-state index in [0.29, 0.717) is 17.4 Å². The summed E-state index contributed by atoms with van der Waals surface area (Å²) < 4.78 is 34.6. The number of carbonyl (C=O) groups is 2. The zero-order valence-corrected chi connectivity index (χ0v) is 55.7. The van der Waals surface area contributed by atoms with Crippen molar-refractivity contribution < 1.29 is 42.1 Å². The van der Waals surface area contributed by atoms with Crippen molar-refractivity contribution in [3.63, 3.8) is 0 Å². The highest BCUT2D eigenvalue weighted by atomic mass is 31.2. The first kappa shape index (κ1) is 80.4. The molecule has 0 aliphatic heterocycles. The third kappa shape index (κ3) is 67.5. The summed E-state index contributed by atoms with van der Waals surface area (Å²) in [5.41, 5.74) is 0. The Kier molecular flexibility index (Phi) is 61.2. The normalized spacial score (nSPS) is 13.9. The van der Waals surface area contributed by atoms with Crippen molar-refractivity contribution in [1.29, 1.82) is 0 Å². The number of phosphoric acid groups is 1. The fourth-order valence-corrected chi connectivity index (χ4v) is 10.0. The molecule has 2 atom stereocenters. The first-order chi connectivity index (χ1) is 41.0. The number of esters is 2. The molecule has 10 heteroatoms. The molecular formula is C74H129NO8P+. The van der Waals surface area contributed by atoms with E-state index in [-0.39, 0.29) is 32.0 Å². The highest BCUT2D eigenvalue weighted by molar-refractivity contribution is 7.47. The van der Waals surface area contributed by atoms with E-state index in [1.54, 1.807) is 0 Å². The van der Waals surface area contributed by atoms with Crippen LogP contribution in [0, 0.1) is 0 Å². The minimum absolute atomic E-state index is 0.0220. The van der Waals surface area contributed by atoms with Crippen LogP contribution in [0.15, 0.2) is 122 Å². The highest BCUT2D eigenvalue weighted by Gasteiger charge is 2.27. The molecule has 0 radical (unpaired) electrons. The lowest BCUT2D eigenvalue weighted by Crippen LogP contribution is -2.37. The minimum atomic E-state index is -4.40. The van der Waals surface area contributed by atoms with Gasteiger partial charge in [0.05, 0.1) is 27.7 Å². The van der Waals surface area contributed by atoms with Gasteiger partial charge in [-0.05, 0) is 103 Å². The molecule has 0 saturated carbocycles. The number of phosphoric ester groups is 1. The van der Waals surface area contributed by atoms with Gasteiger partial charge >= 0.3 is 19.8 Å². The van der Waals surface area contributed by atoms with E-state index in [9.17, 15) is 19.0 Å². The lowest BCUT2D eigenvalue weighted by molar-refractivity contribution is -0.870. The van der Waals surface area contributed by atoms with Crippen molar-refractivity contribution in [3.8, 4) is 0 Å². The first-order valence-electron chi connectivity index (χ1n) is 34.3. The summed E-state index contributed by atoms with van der Waals surface area (Å²) in [6.45, 7) is 4.19. The molecule has 0 fully saturated rings. The summed E-state index contributed by atoms with van der Waals surface area (Å²) in [6.07, 6.45) is 91.7. The van der Waals surface area contributed by atoms with Crippen molar-refractivity contribution in [2.24, 2.45) is 0 Å². The molecule has 0 aromatic carbocycles. The number of nitrogens with zero attached hydrogens (tertiary/aromatic N) is 1. The maximum atomic E-state index is 12.8. The molecule has 0 rings (SSSR count). The maximum absolute atomic E-state index is 12.8. The van der Waals surface area contributed by atoms with Gasteiger partial charge in [-0.3, -0.25) is 18.6 Å². The van der Waals surface area contributed by atoms with Crippen molar-refractivity contribution in [2.45, 2.75) is 290 Å². The molecular weight excluding hydrogens is 1060 g/mol. The Balaban J connectivity index is 4.02. The molecule has 0 aliphatic carbocycles. The van der Waals surface area contributed by atoms with Gasteiger partial charge in [-0.15, -0.1) is 0 Å². The van der Waals surface area contributed by atoms with Crippen LogP contribution in [0.2, 0.25) is 0 Å². The SMILES string of the molecule is CC/C=C\C/C=C\C/C=C\C/C=C\C/C=C\C/C=C\CCCCCCC(=O)OC(COC(=O)CCCCCCCCCCCCCCCCCCCCCCCCCC/C=C\C/C=C\C/C=C\C/C=C\CC)COP(=O)(O)OCC[N+](C)(C)C. The van der Waals surface area contributed by atoms with E-state index in [0.717, 1.165) is 109 Å². The average molecular weight is 1190 g/mol. The number of allylic oxidation sites excluding steroid dienone is 20. The number of carbonyl (C=O) groups excluding carboxylic acids is 2. The standard InChI is InChI=1S/C74H128NO8P/c1-6-8-10-12-14-16-18-20-22-24-26-28-30-31-32-33-34-35-36-37-38-39-40-41-42-43-45-46-48-50-52-54-56-58-60-62-64-66-73(76)80-70-72(71-82-84(78,79)81-69-68-75(3,4)5)83-74(77)67-65-63-61-59-57-55-53-51-49-47-44-29-27-25-23-21-19-17-15-13-11-9-7-2/h8-11,14-17,20-23,26-29,47,49,53,55,72H,6-7,12-13,18-19,24-25,30-46,48,50-52,54,56-71H2,1-5H3/p+1/b10-8-,11-9-,16-14-,17-15-,22-20-,23-21-,28-26-,29-27-,49-47-,55-53-. The fraction of sp³-hybridized carbons (Fsp3) is 0.703. The number of ether oxygens (including phenoxy) is 2. The first-order valence-corrected chi connectivity index (χ1v) is 35.8. The van der Waals surface area contributed by atoms with Crippen molar-refractivity contribution in [1.82, 2.24) is 0 Å². The Bertz CT molecular complexity index is 1830. The Hall–Kier alpha value is -3.59. The molecule has 0 bridgehead atoms. The van der Waals surface area contributed by atoms with E-state index in [1.807, 2.05) is 21.1 Å². The lowest BCUT2D eigenvalue weighted by Gasteiger charge is -2.24. The van der Waals surface area contributed by atoms with Crippen LogP contribution in [0.25, 0.3) is 0 Å². The van der Waals surface area contributed by atoms with Crippen LogP contribution < -0.4 is 0 Å². The summed E-state index contributed by atoms with van der Waals surface area (Å²) in [6, 6.07) is 0. The van der Waals surface area contributed by atoms with Gasteiger partial charge in [-0.1, -0.05) is 289 Å². The Morgan fingerprint density at radius 3 is 0.952 bits per heavy atom. The number of quaternary nitrogens is 1. The molecule has 0 saturated heterocycles. The van der Waals surface area contributed by atoms with Crippen molar-refractivity contribution >= 4 is 19.8 Å². The molecule has 2 unspecified atom stereocenters. The second kappa shape index (κ2) is 63.9. The molecule has 84 heavy (non-hydrogen) atoms. The van der Waals surface area contributed by atoms with Gasteiger partial charge in [-0.25, -0.2) is 4.57 Å². The molecule has 0 amide bonds. The van der Waals surface area contributed by atoms with Crippen LogP contribution in [-0.4, -0.2) is 74.9 Å². The third-order valence-corrected chi connectivity index (χ3v) is 15.5. The van der Waals surface area contributed by atoms with Gasteiger partial charge in [0, 0.05) is 12.8 Å².